The molecule has 0 saturated carbocycles. The number of nitrogens with zero attached hydrogens (tertiary/aromatic N) is 4. The summed E-state index contributed by atoms with van der Waals surface area (Å²) < 4.78 is 1.98. The van der Waals surface area contributed by atoms with Crippen molar-refractivity contribution in [3.63, 3.8) is 0 Å². The van der Waals surface area contributed by atoms with Gasteiger partial charge in [-0.05, 0) is 48.3 Å². The molecule has 6 nitrogen and oxygen atoms in total. The Morgan fingerprint density at radius 1 is 1.10 bits per heavy atom. The standard InChI is InChI=1S/C22H36N6S.HI/c1-17-26-27-20(28(17)5)16-25-21(23-13-7-15-29-6)24-14-12-18-8-10-19(11-9-18)22(2,3)4;/h8-11H,7,12-16H2,1-6H3,(H2,23,24,25);1H. The van der Waals surface area contributed by atoms with Crippen molar-refractivity contribution in [1.82, 2.24) is 25.4 Å². The number of halogens is 1. The Hall–Kier alpha value is -1.29. The number of aryl methyl sites for hydroxylation is 1. The zero-order chi connectivity index (χ0) is 21.3. The van der Waals surface area contributed by atoms with Crippen LogP contribution in [-0.4, -0.2) is 45.8 Å². The van der Waals surface area contributed by atoms with E-state index in [0.717, 1.165) is 49.3 Å². The zero-order valence-corrected chi connectivity index (χ0v) is 22.3. The lowest BCUT2D eigenvalue weighted by molar-refractivity contribution is 0.590. The third-order valence-corrected chi connectivity index (χ3v) is 5.60. The second-order valence-corrected chi connectivity index (χ2v) is 9.27. The molecule has 0 fully saturated rings. The summed E-state index contributed by atoms with van der Waals surface area (Å²) >= 11 is 1.86. The van der Waals surface area contributed by atoms with Gasteiger partial charge in [-0.25, -0.2) is 4.99 Å². The van der Waals surface area contributed by atoms with Gasteiger partial charge in [-0.3, -0.25) is 0 Å². The van der Waals surface area contributed by atoms with Gasteiger partial charge >= 0.3 is 0 Å². The Bertz CT molecular complexity index is 780. The van der Waals surface area contributed by atoms with Gasteiger partial charge in [0.05, 0.1) is 0 Å². The largest absolute Gasteiger partial charge is 0.356 e. The topological polar surface area (TPSA) is 67.1 Å². The number of hydrogen-bond acceptors (Lipinski definition) is 4. The third-order valence-electron chi connectivity index (χ3n) is 4.91. The average Bonchev–Trinajstić information content (AvgIpc) is 3.00. The second-order valence-electron chi connectivity index (χ2n) is 8.28. The molecule has 30 heavy (non-hydrogen) atoms. The first-order chi connectivity index (χ1) is 13.8. The summed E-state index contributed by atoms with van der Waals surface area (Å²) in [5, 5.41) is 15.2. The average molecular weight is 545 g/mol. The van der Waals surface area contributed by atoms with Crippen molar-refractivity contribution in [2.24, 2.45) is 12.0 Å². The van der Waals surface area contributed by atoms with E-state index in [1.165, 1.54) is 11.1 Å². The van der Waals surface area contributed by atoms with E-state index < -0.39 is 0 Å². The Morgan fingerprint density at radius 2 is 1.77 bits per heavy atom. The summed E-state index contributed by atoms with van der Waals surface area (Å²) in [6, 6.07) is 8.93. The second kappa shape index (κ2) is 13.2. The quantitative estimate of drug-likeness (QED) is 0.216. The summed E-state index contributed by atoms with van der Waals surface area (Å²) in [6.07, 6.45) is 4.20. The monoisotopic (exact) mass is 544 g/mol. The van der Waals surface area contributed by atoms with Gasteiger partial charge in [0.1, 0.15) is 12.4 Å². The van der Waals surface area contributed by atoms with E-state index in [1.807, 2.05) is 30.3 Å². The van der Waals surface area contributed by atoms with Crippen LogP contribution in [0.4, 0.5) is 0 Å². The fourth-order valence-corrected chi connectivity index (χ4v) is 3.27. The molecule has 1 heterocycles. The van der Waals surface area contributed by atoms with E-state index in [1.54, 1.807) is 0 Å². The Balaban J connectivity index is 0.00000450. The third kappa shape index (κ3) is 8.83. The molecule has 0 radical (unpaired) electrons. The molecule has 2 N–H and O–H groups in total. The first-order valence-corrected chi connectivity index (χ1v) is 11.7. The highest BCUT2D eigenvalue weighted by atomic mass is 127. The number of thioether (sulfide) groups is 1. The maximum Gasteiger partial charge on any atom is 0.191 e. The van der Waals surface area contributed by atoms with E-state index in [2.05, 4.69) is 72.1 Å². The minimum Gasteiger partial charge on any atom is -0.356 e. The van der Waals surface area contributed by atoms with Crippen LogP contribution in [0.15, 0.2) is 29.3 Å². The molecule has 0 aliphatic carbocycles. The minimum absolute atomic E-state index is 0. The van der Waals surface area contributed by atoms with Gasteiger partial charge in [0.15, 0.2) is 11.8 Å². The van der Waals surface area contributed by atoms with E-state index in [9.17, 15) is 0 Å². The molecule has 0 amide bonds. The lowest BCUT2D eigenvalue weighted by Crippen LogP contribution is -2.39. The molecule has 1 aromatic carbocycles. The van der Waals surface area contributed by atoms with Crippen molar-refractivity contribution in [1.29, 1.82) is 0 Å². The molecule has 0 bridgehead atoms. The molecular weight excluding hydrogens is 507 g/mol. The number of aromatic nitrogens is 3. The molecule has 1 aromatic heterocycles. The molecule has 2 rings (SSSR count). The predicted octanol–water partition coefficient (Wildman–Crippen LogP) is 4.07. The maximum atomic E-state index is 4.71. The Morgan fingerprint density at radius 3 is 2.33 bits per heavy atom. The Labute approximate surface area is 203 Å². The maximum absolute atomic E-state index is 4.71. The molecule has 8 heteroatoms. The lowest BCUT2D eigenvalue weighted by atomic mass is 9.86. The van der Waals surface area contributed by atoms with Crippen LogP contribution in [-0.2, 0) is 25.4 Å². The van der Waals surface area contributed by atoms with Crippen LogP contribution >= 0.6 is 35.7 Å². The van der Waals surface area contributed by atoms with E-state index in [4.69, 9.17) is 4.99 Å². The Kier molecular flexibility index (Phi) is 11.8. The lowest BCUT2D eigenvalue weighted by Gasteiger charge is -2.19. The van der Waals surface area contributed by atoms with Crippen LogP contribution in [0.2, 0.25) is 0 Å². The van der Waals surface area contributed by atoms with Crippen LogP contribution in [0.3, 0.4) is 0 Å². The van der Waals surface area contributed by atoms with Crippen molar-refractivity contribution in [3.8, 4) is 0 Å². The van der Waals surface area contributed by atoms with E-state index >= 15 is 0 Å². The van der Waals surface area contributed by atoms with Gasteiger partial charge in [0.25, 0.3) is 0 Å². The van der Waals surface area contributed by atoms with Crippen LogP contribution < -0.4 is 10.6 Å². The summed E-state index contributed by atoms with van der Waals surface area (Å²) in [7, 11) is 1.97. The summed E-state index contributed by atoms with van der Waals surface area (Å²) in [4.78, 5) is 4.71. The summed E-state index contributed by atoms with van der Waals surface area (Å²) in [5.41, 5.74) is 2.89. The number of aliphatic imine (C=N–C) groups is 1. The van der Waals surface area contributed by atoms with E-state index in [-0.39, 0.29) is 29.4 Å². The van der Waals surface area contributed by atoms with Gasteiger partial charge in [0, 0.05) is 20.1 Å². The van der Waals surface area contributed by atoms with Crippen LogP contribution in [0, 0.1) is 6.92 Å². The van der Waals surface area contributed by atoms with Gasteiger partial charge in [0.2, 0.25) is 0 Å². The van der Waals surface area contributed by atoms with E-state index in [0.29, 0.717) is 6.54 Å². The number of hydrogen-bond donors (Lipinski definition) is 2. The number of guanidine groups is 1. The highest BCUT2D eigenvalue weighted by molar-refractivity contribution is 14.0. The number of benzene rings is 1. The van der Waals surface area contributed by atoms with Crippen molar-refractivity contribution in [2.75, 3.05) is 25.1 Å². The SMILES string of the molecule is CSCCCNC(=NCc1nnc(C)n1C)NCCc1ccc(C(C)(C)C)cc1.I. The molecular formula is C22H37IN6S. The van der Waals surface area contributed by atoms with Gasteiger partial charge in [-0.1, -0.05) is 45.0 Å². The van der Waals surface area contributed by atoms with Crippen LogP contribution in [0.5, 0.6) is 0 Å². The van der Waals surface area contributed by atoms with Crippen molar-refractivity contribution in [2.45, 2.75) is 52.5 Å². The molecule has 0 spiro atoms. The minimum atomic E-state index is 0. The molecule has 168 valence electrons. The fraction of sp³-hybridized carbons (Fsp3) is 0.591. The number of nitrogens with one attached hydrogen (secondary N) is 2. The van der Waals surface area contributed by atoms with Gasteiger partial charge in [-0.15, -0.1) is 34.2 Å². The first-order valence-electron chi connectivity index (χ1n) is 10.3. The van der Waals surface area contributed by atoms with Crippen LogP contribution in [0.25, 0.3) is 0 Å². The van der Waals surface area contributed by atoms with Crippen molar-refractivity contribution >= 4 is 41.7 Å². The summed E-state index contributed by atoms with van der Waals surface area (Å²) in [6.45, 7) is 10.9. The normalized spacial score (nSPS) is 11.9. The van der Waals surface area contributed by atoms with Crippen molar-refractivity contribution < 1.29 is 0 Å². The molecule has 0 aliphatic rings. The predicted molar refractivity (Wildman–Crippen MR) is 140 cm³/mol. The summed E-state index contributed by atoms with van der Waals surface area (Å²) in [5.74, 6) is 3.74. The highest BCUT2D eigenvalue weighted by Crippen LogP contribution is 2.22. The van der Waals surface area contributed by atoms with Gasteiger partial charge in [-0.2, -0.15) is 11.8 Å². The molecule has 0 atom stereocenters. The highest BCUT2D eigenvalue weighted by Gasteiger charge is 2.12. The molecule has 0 saturated heterocycles. The first kappa shape index (κ1) is 26.7. The zero-order valence-electron chi connectivity index (χ0n) is 19.2. The van der Waals surface area contributed by atoms with Crippen molar-refractivity contribution in [3.05, 3.63) is 47.0 Å². The number of rotatable bonds is 9. The van der Waals surface area contributed by atoms with Gasteiger partial charge < -0.3 is 15.2 Å². The molecule has 0 unspecified atom stereocenters. The smallest absolute Gasteiger partial charge is 0.191 e. The fourth-order valence-electron chi connectivity index (χ4n) is 2.83. The molecule has 0 aliphatic heterocycles. The van der Waals surface area contributed by atoms with Crippen LogP contribution in [0.1, 0.15) is 50.0 Å². The molecule has 2 aromatic rings.